The van der Waals surface area contributed by atoms with E-state index in [2.05, 4.69) is 27.8 Å². The summed E-state index contributed by atoms with van der Waals surface area (Å²) in [5.74, 6) is -0.773. The molecule has 1 atom stereocenters. The van der Waals surface area contributed by atoms with E-state index in [1.807, 2.05) is 54.7 Å². The second-order valence-electron chi connectivity index (χ2n) is 7.93. The van der Waals surface area contributed by atoms with E-state index in [1.165, 1.54) is 5.56 Å². The number of rotatable bonds is 8. The van der Waals surface area contributed by atoms with Crippen molar-refractivity contribution in [3.05, 3.63) is 106 Å². The number of fused-ring (bicyclic) bond motifs is 1. The third kappa shape index (κ3) is 5.71. The van der Waals surface area contributed by atoms with Crippen molar-refractivity contribution in [2.24, 2.45) is 5.10 Å². The maximum atomic E-state index is 13.0. The smallest absolute Gasteiger partial charge is 0.262 e. The number of aromatic nitrogens is 1. The minimum Gasteiger partial charge on any atom is -0.361 e. The highest BCUT2D eigenvalue weighted by Crippen LogP contribution is 2.19. The van der Waals surface area contributed by atoms with Gasteiger partial charge in [-0.2, -0.15) is 5.10 Å². The molecule has 2 amide bonds. The second kappa shape index (κ2) is 10.8. The lowest BCUT2D eigenvalue weighted by Crippen LogP contribution is -2.46. The molecule has 6 nitrogen and oxygen atoms in total. The van der Waals surface area contributed by atoms with E-state index in [0.29, 0.717) is 17.0 Å². The zero-order valence-electron chi connectivity index (χ0n) is 18.7. The topological polar surface area (TPSA) is 86.3 Å². The molecule has 0 bridgehead atoms. The van der Waals surface area contributed by atoms with Gasteiger partial charge in [0.05, 0.1) is 6.21 Å². The number of hydrogen-bond acceptors (Lipinski definition) is 3. The van der Waals surface area contributed by atoms with Crippen LogP contribution in [0, 0.1) is 0 Å². The maximum absolute atomic E-state index is 13.0. The Kier molecular flexibility index (Phi) is 7.40. The number of H-pyrrole nitrogens is 1. The molecule has 172 valence electrons. The van der Waals surface area contributed by atoms with Crippen LogP contribution in [0.1, 0.15) is 34.0 Å². The van der Waals surface area contributed by atoms with Crippen LogP contribution >= 0.6 is 11.6 Å². The van der Waals surface area contributed by atoms with Crippen LogP contribution in [0.5, 0.6) is 0 Å². The number of nitrogens with zero attached hydrogens (tertiary/aromatic N) is 1. The molecule has 0 aliphatic carbocycles. The van der Waals surface area contributed by atoms with Crippen LogP contribution < -0.4 is 10.7 Å². The van der Waals surface area contributed by atoms with E-state index in [1.54, 1.807) is 30.5 Å². The third-order valence-corrected chi connectivity index (χ3v) is 5.86. The average Bonchev–Trinajstić information content (AvgIpc) is 3.27. The molecule has 34 heavy (non-hydrogen) atoms. The number of aromatic amines is 1. The van der Waals surface area contributed by atoms with Crippen molar-refractivity contribution in [3.8, 4) is 0 Å². The number of carbonyl (C=O) groups excluding carboxylic acids is 2. The first-order chi connectivity index (χ1) is 16.5. The summed E-state index contributed by atoms with van der Waals surface area (Å²) in [6, 6.07) is 21.5. The number of hydrogen-bond donors (Lipinski definition) is 3. The Labute approximate surface area is 203 Å². The summed E-state index contributed by atoms with van der Waals surface area (Å²) in [6.45, 7) is 2.09. The van der Waals surface area contributed by atoms with E-state index in [-0.39, 0.29) is 5.91 Å². The fourth-order valence-corrected chi connectivity index (χ4v) is 3.79. The predicted molar refractivity (Wildman–Crippen MR) is 136 cm³/mol. The highest BCUT2D eigenvalue weighted by Gasteiger charge is 2.23. The molecule has 7 heteroatoms. The first-order valence-electron chi connectivity index (χ1n) is 11.1. The van der Waals surface area contributed by atoms with E-state index in [9.17, 15) is 9.59 Å². The summed E-state index contributed by atoms with van der Waals surface area (Å²) in [4.78, 5) is 29.1. The van der Waals surface area contributed by atoms with Crippen LogP contribution in [0.4, 0.5) is 0 Å². The van der Waals surface area contributed by atoms with Crippen molar-refractivity contribution >= 4 is 40.5 Å². The third-order valence-electron chi connectivity index (χ3n) is 5.60. The number of para-hydroxylation sites is 1. The van der Waals surface area contributed by atoms with E-state index in [4.69, 9.17) is 11.6 Å². The molecule has 0 spiro atoms. The van der Waals surface area contributed by atoms with Gasteiger partial charge in [-0.15, -0.1) is 0 Å². The normalized spacial score (nSPS) is 12.1. The summed E-state index contributed by atoms with van der Waals surface area (Å²) in [5, 5.41) is 8.47. The lowest BCUT2D eigenvalue weighted by Gasteiger charge is -2.17. The Morgan fingerprint density at radius 2 is 1.76 bits per heavy atom. The van der Waals surface area contributed by atoms with Gasteiger partial charge in [-0.25, -0.2) is 5.43 Å². The van der Waals surface area contributed by atoms with Crippen LogP contribution in [0.3, 0.4) is 0 Å². The molecule has 0 aliphatic rings. The number of hydrazone groups is 1. The van der Waals surface area contributed by atoms with Gasteiger partial charge in [0.1, 0.15) is 6.04 Å². The zero-order chi connectivity index (χ0) is 23.9. The molecule has 4 aromatic rings. The number of halogens is 1. The SMILES string of the molecule is CCc1ccc(/C=N\NC(=O)[C@@H](Cc2c[nH]c3ccccc23)NC(=O)c2ccc(Cl)cc2)cc1. The van der Waals surface area contributed by atoms with Gasteiger partial charge in [0.15, 0.2) is 0 Å². The number of aryl methyl sites for hydroxylation is 1. The van der Waals surface area contributed by atoms with E-state index < -0.39 is 11.9 Å². The zero-order valence-corrected chi connectivity index (χ0v) is 19.5. The van der Waals surface area contributed by atoms with Gasteiger partial charge in [-0.3, -0.25) is 9.59 Å². The molecule has 3 aromatic carbocycles. The molecule has 0 aliphatic heterocycles. The van der Waals surface area contributed by atoms with Gasteiger partial charge in [-0.1, -0.05) is 61.0 Å². The van der Waals surface area contributed by atoms with Crippen LogP contribution in [0.15, 0.2) is 84.1 Å². The average molecular weight is 473 g/mol. The first kappa shape index (κ1) is 23.3. The Morgan fingerprint density at radius 3 is 2.50 bits per heavy atom. The molecule has 1 heterocycles. The molecule has 0 radical (unpaired) electrons. The summed E-state index contributed by atoms with van der Waals surface area (Å²) in [7, 11) is 0. The highest BCUT2D eigenvalue weighted by molar-refractivity contribution is 6.30. The van der Waals surface area contributed by atoms with Gasteiger partial charge >= 0.3 is 0 Å². The van der Waals surface area contributed by atoms with Crippen molar-refractivity contribution in [2.45, 2.75) is 25.8 Å². The van der Waals surface area contributed by atoms with E-state index in [0.717, 1.165) is 28.5 Å². The van der Waals surface area contributed by atoms with Crippen molar-refractivity contribution in [1.82, 2.24) is 15.7 Å². The van der Waals surface area contributed by atoms with Gasteiger partial charge in [0.25, 0.3) is 11.8 Å². The first-order valence-corrected chi connectivity index (χ1v) is 11.4. The van der Waals surface area contributed by atoms with Gasteiger partial charge in [-0.05, 0) is 53.4 Å². The lowest BCUT2D eigenvalue weighted by atomic mass is 10.0. The number of nitrogens with one attached hydrogen (secondary N) is 3. The maximum Gasteiger partial charge on any atom is 0.262 e. The quantitative estimate of drug-likeness (QED) is 0.252. The molecular formula is C27H25ClN4O2. The van der Waals surface area contributed by atoms with Crippen LogP contribution in [-0.4, -0.2) is 29.1 Å². The standard InChI is InChI=1S/C27H25ClN4O2/c1-2-18-7-9-19(10-8-18)16-30-32-27(34)25(31-26(33)20-11-13-22(28)14-12-20)15-21-17-29-24-6-4-3-5-23(21)24/h3-14,16-17,25,29H,2,15H2,1H3,(H,31,33)(H,32,34)/b30-16-/t25-/m1/s1. The molecule has 3 N–H and O–H groups in total. The highest BCUT2D eigenvalue weighted by atomic mass is 35.5. The summed E-state index contributed by atoms with van der Waals surface area (Å²) in [6.07, 6.45) is 4.70. The Bertz CT molecular complexity index is 1310. The van der Waals surface area contributed by atoms with Crippen LogP contribution in [0.25, 0.3) is 10.9 Å². The molecule has 0 unspecified atom stereocenters. The summed E-state index contributed by atoms with van der Waals surface area (Å²) < 4.78 is 0. The molecule has 1 aromatic heterocycles. The van der Waals surface area contributed by atoms with Gasteiger partial charge in [0, 0.05) is 34.1 Å². The molecule has 4 rings (SSSR count). The number of amides is 2. The Hall–Kier alpha value is -3.90. The number of benzene rings is 3. The fourth-order valence-electron chi connectivity index (χ4n) is 3.66. The van der Waals surface area contributed by atoms with Crippen molar-refractivity contribution in [1.29, 1.82) is 0 Å². The Balaban J connectivity index is 1.51. The van der Waals surface area contributed by atoms with Gasteiger partial charge < -0.3 is 10.3 Å². The van der Waals surface area contributed by atoms with E-state index >= 15 is 0 Å². The predicted octanol–water partition coefficient (Wildman–Crippen LogP) is 4.88. The molecular weight excluding hydrogens is 448 g/mol. The largest absolute Gasteiger partial charge is 0.361 e. The summed E-state index contributed by atoms with van der Waals surface area (Å²) >= 11 is 5.93. The molecule has 0 saturated carbocycles. The Morgan fingerprint density at radius 1 is 1.03 bits per heavy atom. The van der Waals surface area contributed by atoms with Crippen LogP contribution in [0.2, 0.25) is 5.02 Å². The van der Waals surface area contributed by atoms with Crippen molar-refractivity contribution in [3.63, 3.8) is 0 Å². The monoisotopic (exact) mass is 472 g/mol. The molecule has 0 fully saturated rings. The molecule has 0 saturated heterocycles. The number of carbonyl (C=O) groups is 2. The van der Waals surface area contributed by atoms with Crippen LogP contribution in [-0.2, 0) is 17.6 Å². The lowest BCUT2D eigenvalue weighted by molar-refractivity contribution is -0.122. The second-order valence-corrected chi connectivity index (χ2v) is 8.36. The van der Waals surface area contributed by atoms with Crippen molar-refractivity contribution < 1.29 is 9.59 Å². The van der Waals surface area contributed by atoms with Crippen molar-refractivity contribution in [2.75, 3.05) is 0 Å². The minimum absolute atomic E-state index is 0.301. The minimum atomic E-state index is -0.831. The fraction of sp³-hybridized carbons (Fsp3) is 0.148. The summed E-state index contributed by atoms with van der Waals surface area (Å²) in [5.41, 5.74) is 6.98. The van der Waals surface area contributed by atoms with Gasteiger partial charge in [0.2, 0.25) is 0 Å².